The van der Waals surface area contributed by atoms with E-state index in [1.54, 1.807) is 25.3 Å². The maximum atomic E-state index is 14.3. The van der Waals surface area contributed by atoms with E-state index in [0.29, 0.717) is 31.7 Å². The third-order valence-electron chi connectivity index (χ3n) is 9.43. The second-order valence-electron chi connectivity index (χ2n) is 14.5. The van der Waals surface area contributed by atoms with Gasteiger partial charge in [-0.3, -0.25) is 19.0 Å². The standard InChI is InChI=1S/C34H48N6O8S/c1-33(2,3)48-32(44)36-25-16-11-9-7-8-10-14-22-19-34(22,30(43)37-49(45,46)38(4)5)20-28(41)27-18-23(21-40(27)29(25)42)47-31-35-24-15-12-13-17-26(24)39(31)6/h10,12-15,17,22-23,25,27H,7-9,11,16,18-21H2,1-6H3,(H,36,44)(H,37,43)/b14-10-/t22-,23+,25-,27-,34+/m0/s1. The number of carbonyl (C=O) groups is 4. The van der Waals surface area contributed by atoms with Gasteiger partial charge in [0.2, 0.25) is 11.8 Å². The highest BCUT2D eigenvalue weighted by atomic mass is 32.2. The number of aryl methyl sites for hydroxylation is 1. The van der Waals surface area contributed by atoms with Gasteiger partial charge in [0.1, 0.15) is 17.7 Å². The van der Waals surface area contributed by atoms with Crippen molar-refractivity contribution in [1.29, 1.82) is 0 Å². The van der Waals surface area contributed by atoms with Gasteiger partial charge in [-0.25, -0.2) is 9.52 Å². The summed E-state index contributed by atoms with van der Waals surface area (Å²) in [6.45, 7) is 5.24. The Balaban J connectivity index is 1.46. The Morgan fingerprint density at radius 1 is 1.10 bits per heavy atom. The van der Waals surface area contributed by atoms with E-state index in [2.05, 4.69) is 15.0 Å². The number of hydrogen-bond donors (Lipinski definition) is 2. The number of benzene rings is 1. The Kier molecular flexibility index (Phi) is 10.4. The molecule has 5 rings (SSSR count). The van der Waals surface area contributed by atoms with Crippen LogP contribution in [-0.2, 0) is 36.4 Å². The Morgan fingerprint density at radius 2 is 1.84 bits per heavy atom. The van der Waals surface area contributed by atoms with Crippen LogP contribution < -0.4 is 14.8 Å². The maximum absolute atomic E-state index is 14.3. The first kappa shape index (κ1) is 36.3. The van der Waals surface area contributed by atoms with Crippen molar-refractivity contribution in [1.82, 2.24) is 28.8 Å². The molecule has 2 fully saturated rings. The minimum Gasteiger partial charge on any atom is -0.459 e. The number of para-hydroxylation sites is 2. The fourth-order valence-electron chi connectivity index (χ4n) is 6.63. The molecule has 2 N–H and O–H groups in total. The Hall–Kier alpha value is -3.98. The molecule has 1 saturated carbocycles. The van der Waals surface area contributed by atoms with Crippen LogP contribution in [0.1, 0.15) is 72.1 Å². The molecule has 3 heterocycles. The lowest BCUT2D eigenvalue weighted by molar-refractivity contribution is -0.140. The molecular formula is C34H48N6O8S. The minimum absolute atomic E-state index is 0.0441. The molecule has 2 aliphatic heterocycles. The van der Waals surface area contributed by atoms with Gasteiger partial charge in [-0.15, -0.1) is 0 Å². The molecule has 0 radical (unpaired) electrons. The summed E-state index contributed by atoms with van der Waals surface area (Å²) in [5.41, 5.74) is -0.482. The van der Waals surface area contributed by atoms with Crippen LogP contribution in [0, 0.1) is 11.3 Å². The zero-order valence-corrected chi connectivity index (χ0v) is 29.9. The Morgan fingerprint density at radius 3 is 2.53 bits per heavy atom. The van der Waals surface area contributed by atoms with Gasteiger partial charge < -0.3 is 19.7 Å². The number of carbonyl (C=O) groups excluding carboxylic acids is 4. The molecule has 1 aromatic heterocycles. The normalized spacial score (nSPS) is 27.4. The first-order valence-corrected chi connectivity index (χ1v) is 18.3. The number of ketones is 1. The number of amides is 3. The number of aromatic nitrogens is 2. The molecule has 0 unspecified atom stereocenters. The quantitative estimate of drug-likeness (QED) is 0.430. The number of hydrogen-bond acceptors (Lipinski definition) is 9. The van der Waals surface area contributed by atoms with Gasteiger partial charge in [-0.05, 0) is 64.5 Å². The van der Waals surface area contributed by atoms with E-state index in [4.69, 9.17) is 9.47 Å². The molecule has 0 spiro atoms. The lowest BCUT2D eigenvalue weighted by atomic mass is 9.91. The molecule has 0 bridgehead atoms. The van der Waals surface area contributed by atoms with Crippen LogP contribution in [0.2, 0.25) is 0 Å². The molecule has 1 aliphatic carbocycles. The molecule has 49 heavy (non-hydrogen) atoms. The molecule has 14 nitrogen and oxygen atoms in total. The summed E-state index contributed by atoms with van der Waals surface area (Å²) in [7, 11) is 0.341. The van der Waals surface area contributed by atoms with Gasteiger partial charge in [-0.1, -0.05) is 37.1 Å². The van der Waals surface area contributed by atoms with Crippen LogP contribution in [0.25, 0.3) is 11.0 Å². The van der Waals surface area contributed by atoms with E-state index >= 15 is 0 Å². The summed E-state index contributed by atoms with van der Waals surface area (Å²) in [6.07, 6.45) is 5.95. The van der Waals surface area contributed by atoms with E-state index < -0.39 is 57.3 Å². The third kappa shape index (κ3) is 8.26. The number of imidazole rings is 1. The molecule has 2 aromatic rings. The van der Waals surface area contributed by atoms with Crippen molar-refractivity contribution < 1.29 is 37.1 Å². The van der Waals surface area contributed by atoms with Crippen molar-refractivity contribution in [3.05, 3.63) is 36.4 Å². The topological polar surface area (TPSA) is 169 Å². The summed E-state index contributed by atoms with van der Waals surface area (Å²) in [5.74, 6) is -1.92. The molecule has 1 aromatic carbocycles. The summed E-state index contributed by atoms with van der Waals surface area (Å²) >= 11 is 0. The molecule has 1 saturated heterocycles. The zero-order valence-electron chi connectivity index (χ0n) is 29.1. The highest BCUT2D eigenvalue weighted by Crippen LogP contribution is 2.57. The lowest BCUT2D eigenvalue weighted by Gasteiger charge is -2.30. The van der Waals surface area contributed by atoms with Gasteiger partial charge in [0.25, 0.3) is 6.01 Å². The SMILES string of the molecule is CN(C)S(=O)(=O)NC(=O)[C@]12CC(=O)[C@@H]3C[C@@H](Oc4nc5ccccc5n4C)CN3C(=O)[C@@H](NC(=O)OC(C)(C)C)CCCCC/C=C\[C@H]1C2. The molecule has 15 heteroatoms. The number of allylic oxidation sites excluding steroid dienone is 2. The van der Waals surface area contributed by atoms with Crippen molar-refractivity contribution in [2.45, 2.75) is 95.9 Å². The van der Waals surface area contributed by atoms with Crippen LogP contribution in [0.5, 0.6) is 6.01 Å². The fourth-order valence-corrected chi connectivity index (χ4v) is 7.25. The molecule has 3 aliphatic rings. The van der Waals surface area contributed by atoms with Gasteiger partial charge >= 0.3 is 16.3 Å². The summed E-state index contributed by atoms with van der Waals surface area (Å²) < 4.78 is 41.9. The average molecular weight is 701 g/mol. The number of nitrogens with zero attached hydrogens (tertiary/aromatic N) is 4. The third-order valence-corrected chi connectivity index (χ3v) is 10.8. The summed E-state index contributed by atoms with van der Waals surface area (Å²) in [6, 6.07) is 5.92. The zero-order chi connectivity index (χ0) is 35.7. The summed E-state index contributed by atoms with van der Waals surface area (Å²) in [4.78, 5) is 61.2. The Labute approximate surface area is 287 Å². The monoisotopic (exact) mass is 700 g/mol. The van der Waals surface area contributed by atoms with E-state index in [-0.39, 0.29) is 31.1 Å². The predicted octanol–water partition coefficient (Wildman–Crippen LogP) is 3.22. The van der Waals surface area contributed by atoms with Crippen molar-refractivity contribution in [2.24, 2.45) is 18.4 Å². The first-order valence-electron chi connectivity index (χ1n) is 16.8. The number of nitrogens with one attached hydrogen (secondary N) is 2. The minimum atomic E-state index is -4.11. The van der Waals surface area contributed by atoms with Crippen molar-refractivity contribution in [3.8, 4) is 6.01 Å². The molecule has 268 valence electrons. The summed E-state index contributed by atoms with van der Waals surface area (Å²) in [5, 5.41) is 2.74. The molecule has 5 atom stereocenters. The average Bonchev–Trinajstić information content (AvgIpc) is 3.38. The van der Waals surface area contributed by atoms with Crippen molar-refractivity contribution >= 4 is 44.9 Å². The number of Topliss-reactive ketones (excluding diaryl/α,β-unsaturated/α-hetero) is 1. The van der Waals surface area contributed by atoms with Crippen LogP contribution in [0.4, 0.5) is 4.79 Å². The predicted molar refractivity (Wildman–Crippen MR) is 182 cm³/mol. The van der Waals surface area contributed by atoms with Gasteiger partial charge in [0.15, 0.2) is 5.78 Å². The van der Waals surface area contributed by atoms with Crippen LogP contribution in [-0.4, -0.2) is 95.3 Å². The number of rotatable bonds is 6. The van der Waals surface area contributed by atoms with Gasteiger partial charge in [0, 0.05) is 34.0 Å². The highest BCUT2D eigenvalue weighted by molar-refractivity contribution is 7.87. The molecule has 3 amide bonds. The first-order chi connectivity index (χ1) is 23.0. The van der Waals surface area contributed by atoms with Crippen LogP contribution in [0.15, 0.2) is 36.4 Å². The van der Waals surface area contributed by atoms with E-state index in [9.17, 15) is 27.6 Å². The van der Waals surface area contributed by atoms with Crippen LogP contribution in [0.3, 0.4) is 0 Å². The van der Waals surface area contributed by atoms with E-state index in [1.807, 2.05) is 43.5 Å². The van der Waals surface area contributed by atoms with Crippen molar-refractivity contribution in [3.63, 3.8) is 0 Å². The fraction of sp³-hybridized carbons (Fsp3) is 0.618. The number of fused-ring (bicyclic) bond motifs is 3. The maximum Gasteiger partial charge on any atom is 0.408 e. The lowest BCUT2D eigenvalue weighted by Crippen LogP contribution is -2.53. The smallest absolute Gasteiger partial charge is 0.408 e. The van der Waals surface area contributed by atoms with Gasteiger partial charge in [0.05, 0.1) is 29.0 Å². The van der Waals surface area contributed by atoms with Gasteiger partial charge in [-0.2, -0.15) is 17.7 Å². The molecular weight excluding hydrogens is 652 g/mol. The largest absolute Gasteiger partial charge is 0.459 e. The Bertz CT molecular complexity index is 1730. The second-order valence-corrected chi connectivity index (χ2v) is 16.4. The number of ether oxygens (including phenoxy) is 2. The van der Waals surface area contributed by atoms with Crippen LogP contribution >= 0.6 is 0 Å². The highest BCUT2D eigenvalue weighted by Gasteiger charge is 2.61. The van der Waals surface area contributed by atoms with E-state index in [0.717, 1.165) is 28.2 Å². The van der Waals surface area contributed by atoms with Crippen molar-refractivity contribution in [2.75, 3.05) is 20.6 Å². The van der Waals surface area contributed by atoms with E-state index in [1.165, 1.54) is 19.0 Å². The second kappa shape index (κ2) is 14.1. The number of alkyl carbamates (subject to hydrolysis) is 1.